The van der Waals surface area contributed by atoms with E-state index >= 15 is 0 Å². The second-order valence-electron chi connectivity index (χ2n) is 6.51. The summed E-state index contributed by atoms with van der Waals surface area (Å²) >= 11 is 0. The minimum Gasteiger partial charge on any atom is -0.388 e. The van der Waals surface area contributed by atoms with Crippen molar-refractivity contribution in [2.45, 2.75) is 44.1 Å². The van der Waals surface area contributed by atoms with Gasteiger partial charge >= 0.3 is 0 Å². The van der Waals surface area contributed by atoms with E-state index in [9.17, 15) is 14.7 Å². The fourth-order valence-corrected chi connectivity index (χ4v) is 3.44. The van der Waals surface area contributed by atoms with Gasteiger partial charge in [0.1, 0.15) is 0 Å². The molecule has 1 saturated carbocycles. The lowest BCUT2D eigenvalue weighted by Gasteiger charge is -2.29. The Kier molecular flexibility index (Phi) is 3.91. The van der Waals surface area contributed by atoms with Gasteiger partial charge in [0.2, 0.25) is 5.91 Å². The van der Waals surface area contributed by atoms with Crippen molar-refractivity contribution < 1.29 is 14.7 Å². The fraction of sp³-hybridized carbons (Fsp3) is 0.529. The Morgan fingerprint density at radius 3 is 2.77 bits per heavy atom. The van der Waals surface area contributed by atoms with Crippen LogP contribution in [0.25, 0.3) is 0 Å². The van der Waals surface area contributed by atoms with Crippen LogP contribution in [0.3, 0.4) is 0 Å². The number of carbonyl (C=O) groups is 2. The molecule has 1 aromatic carbocycles. The number of aryl methyl sites for hydroxylation is 1. The maximum Gasteiger partial charge on any atom is 0.253 e. The zero-order valence-electron chi connectivity index (χ0n) is 12.9. The van der Waals surface area contributed by atoms with Gasteiger partial charge in [0, 0.05) is 31.3 Å². The van der Waals surface area contributed by atoms with Crippen LogP contribution < -0.4 is 5.32 Å². The van der Waals surface area contributed by atoms with Gasteiger partial charge in [-0.2, -0.15) is 0 Å². The summed E-state index contributed by atoms with van der Waals surface area (Å²) in [6, 6.07) is 5.38. The molecule has 1 aliphatic heterocycles. The molecule has 0 atom stereocenters. The summed E-state index contributed by atoms with van der Waals surface area (Å²) in [5.41, 5.74) is 1.68. The molecular weight excluding hydrogens is 280 g/mol. The first-order valence-electron chi connectivity index (χ1n) is 7.87. The molecule has 0 spiro atoms. The minimum absolute atomic E-state index is 0.0205. The molecule has 0 bridgehead atoms. The molecule has 0 radical (unpaired) electrons. The Morgan fingerprint density at radius 2 is 2.05 bits per heavy atom. The van der Waals surface area contributed by atoms with E-state index in [4.69, 9.17) is 0 Å². The third kappa shape index (κ3) is 2.99. The number of nitrogens with zero attached hydrogens (tertiary/aromatic N) is 1. The van der Waals surface area contributed by atoms with Gasteiger partial charge in [0.25, 0.3) is 5.91 Å². The number of nitrogens with one attached hydrogen (secondary N) is 1. The molecule has 22 heavy (non-hydrogen) atoms. The molecular formula is C17H22N2O3. The van der Waals surface area contributed by atoms with Crippen molar-refractivity contribution >= 4 is 17.5 Å². The second kappa shape index (κ2) is 5.72. The van der Waals surface area contributed by atoms with E-state index in [0.29, 0.717) is 24.9 Å². The van der Waals surface area contributed by atoms with Crippen LogP contribution in [0.2, 0.25) is 0 Å². The molecule has 5 heteroatoms. The molecule has 1 heterocycles. The molecule has 118 valence electrons. The average molecular weight is 302 g/mol. The Hall–Kier alpha value is -1.88. The van der Waals surface area contributed by atoms with Crippen LogP contribution in [0.5, 0.6) is 0 Å². The molecule has 0 saturated heterocycles. The van der Waals surface area contributed by atoms with Gasteiger partial charge in [-0.3, -0.25) is 9.59 Å². The third-order valence-electron chi connectivity index (χ3n) is 4.66. The smallest absolute Gasteiger partial charge is 0.253 e. The number of likely N-dealkylation sites (N-methyl/N-ethyl adjacent to an activating group) is 1. The van der Waals surface area contributed by atoms with Crippen molar-refractivity contribution in [3.05, 3.63) is 29.3 Å². The number of hydrogen-bond acceptors (Lipinski definition) is 3. The number of fused-ring (bicyclic) bond motifs is 1. The van der Waals surface area contributed by atoms with E-state index in [0.717, 1.165) is 36.9 Å². The van der Waals surface area contributed by atoms with Crippen LogP contribution in [0.1, 0.15) is 48.0 Å². The predicted octanol–water partition coefficient (Wildman–Crippen LogP) is 1.95. The summed E-state index contributed by atoms with van der Waals surface area (Å²) in [7, 11) is 1.74. The SMILES string of the molecule is CN(CC1(O)CCCC1)C(=O)c1ccc2c(c1)CCC(=O)N2. The van der Waals surface area contributed by atoms with Crippen molar-refractivity contribution in [2.75, 3.05) is 18.9 Å². The van der Waals surface area contributed by atoms with Crippen molar-refractivity contribution in [3.63, 3.8) is 0 Å². The lowest BCUT2D eigenvalue weighted by atomic mass is 9.99. The molecule has 2 amide bonds. The molecule has 1 aliphatic carbocycles. The Morgan fingerprint density at radius 1 is 1.32 bits per heavy atom. The molecule has 1 fully saturated rings. The van der Waals surface area contributed by atoms with Crippen molar-refractivity contribution in [1.29, 1.82) is 0 Å². The molecule has 2 N–H and O–H groups in total. The highest BCUT2D eigenvalue weighted by Gasteiger charge is 2.33. The highest BCUT2D eigenvalue weighted by atomic mass is 16.3. The highest BCUT2D eigenvalue weighted by Crippen LogP contribution is 2.30. The van der Waals surface area contributed by atoms with Gasteiger partial charge in [-0.1, -0.05) is 12.8 Å². The first-order chi connectivity index (χ1) is 10.5. The Balaban J connectivity index is 1.73. The van der Waals surface area contributed by atoms with Gasteiger partial charge < -0.3 is 15.3 Å². The maximum absolute atomic E-state index is 12.6. The standard InChI is InChI=1S/C17H22N2O3/c1-19(11-17(22)8-2-3-9-17)16(21)13-4-6-14-12(10-13)5-7-15(20)18-14/h4,6,10,22H,2-3,5,7-9,11H2,1H3,(H,18,20). The van der Waals surface area contributed by atoms with Crippen molar-refractivity contribution in [3.8, 4) is 0 Å². The number of benzene rings is 1. The van der Waals surface area contributed by atoms with Crippen LogP contribution in [0, 0.1) is 0 Å². The van der Waals surface area contributed by atoms with E-state index in [-0.39, 0.29) is 11.8 Å². The Labute approximate surface area is 130 Å². The summed E-state index contributed by atoms with van der Waals surface area (Å²) in [6.07, 6.45) is 4.70. The van der Waals surface area contributed by atoms with Crippen molar-refractivity contribution in [1.82, 2.24) is 4.90 Å². The number of carbonyl (C=O) groups excluding carboxylic acids is 2. The Bertz CT molecular complexity index is 606. The van der Waals surface area contributed by atoms with Crippen molar-refractivity contribution in [2.24, 2.45) is 0 Å². The molecule has 0 aromatic heterocycles. The van der Waals surface area contributed by atoms with Crippen LogP contribution in [0.15, 0.2) is 18.2 Å². The highest BCUT2D eigenvalue weighted by molar-refractivity contribution is 5.97. The van der Waals surface area contributed by atoms with Crippen LogP contribution >= 0.6 is 0 Å². The van der Waals surface area contributed by atoms with E-state index < -0.39 is 5.60 Å². The largest absolute Gasteiger partial charge is 0.388 e. The predicted molar refractivity (Wildman–Crippen MR) is 83.8 cm³/mol. The summed E-state index contributed by atoms with van der Waals surface area (Å²) in [5, 5.41) is 13.3. The summed E-state index contributed by atoms with van der Waals surface area (Å²) < 4.78 is 0. The zero-order chi connectivity index (χ0) is 15.7. The van der Waals surface area contributed by atoms with Gasteiger partial charge in [-0.05, 0) is 43.0 Å². The van der Waals surface area contributed by atoms with E-state index in [1.165, 1.54) is 0 Å². The zero-order valence-corrected chi connectivity index (χ0v) is 12.9. The molecule has 1 aromatic rings. The minimum atomic E-state index is -0.730. The normalized spacial score (nSPS) is 19.5. The van der Waals surface area contributed by atoms with Gasteiger partial charge in [0.05, 0.1) is 5.60 Å². The maximum atomic E-state index is 12.6. The quantitative estimate of drug-likeness (QED) is 0.896. The monoisotopic (exact) mass is 302 g/mol. The van der Waals surface area contributed by atoms with Crippen LogP contribution in [-0.2, 0) is 11.2 Å². The fourth-order valence-electron chi connectivity index (χ4n) is 3.44. The molecule has 3 rings (SSSR count). The topological polar surface area (TPSA) is 69.6 Å². The molecule has 5 nitrogen and oxygen atoms in total. The number of anilines is 1. The lowest BCUT2D eigenvalue weighted by Crippen LogP contribution is -2.42. The van der Waals surface area contributed by atoms with Gasteiger partial charge in [-0.25, -0.2) is 0 Å². The van der Waals surface area contributed by atoms with E-state index in [2.05, 4.69) is 5.32 Å². The second-order valence-corrected chi connectivity index (χ2v) is 6.51. The average Bonchev–Trinajstić information content (AvgIpc) is 2.92. The van der Waals surface area contributed by atoms with Crippen LogP contribution in [0.4, 0.5) is 5.69 Å². The summed E-state index contributed by atoms with van der Waals surface area (Å²) in [5.74, 6) is -0.0628. The van der Waals surface area contributed by atoms with E-state index in [1.807, 2.05) is 6.07 Å². The third-order valence-corrected chi connectivity index (χ3v) is 4.66. The number of aliphatic hydroxyl groups is 1. The van der Waals surface area contributed by atoms with E-state index in [1.54, 1.807) is 24.1 Å². The summed E-state index contributed by atoms with van der Waals surface area (Å²) in [6.45, 7) is 0.375. The first kappa shape index (κ1) is 15.0. The van der Waals surface area contributed by atoms with Crippen LogP contribution in [-0.4, -0.2) is 41.0 Å². The number of amides is 2. The molecule has 0 unspecified atom stereocenters. The lowest BCUT2D eigenvalue weighted by molar-refractivity contribution is -0.116. The number of rotatable bonds is 3. The number of hydrogen-bond donors (Lipinski definition) is 2. The first-order valence-corrected chi connectivity index (χ1v) is 7.87. The molecule has 2 aliphatic rings. The van der Waals surface area contributed by atoms with Gasteiger partial charge in [-0.15, -0.1) is 0 Å². The van der Waals surface area contributed by atoms with Gasteiger partial charge in [0.15, 0.2) is 0 Å². The summed E-state index contributed by atoms with van der Waals surface area (Å²) in [4.78, 5) is 25.5.